The van der Waals surface area contributed by atoms with Crippen LogP contribution in [0.3, 0.4) is 0 Å². The Morgan fingerprint density at radius 1 is 1.30 bits per heavy atom. The molecule has 3 N–H and O–H groups in total. The fourth-order valence-corrected chi connectivity index (χ4v) is 2.25. The number of anilines is 1. The normalized spacial score (nSPS) is 15.7. The molecule has 0 spiro atoms. The Bertz CT molecular complexity index is 505. The molecular formula is C13H19N5O2. The number of nitrogens with two attached hydrogens (primary N) is 1. The van der Waals surface area contributed by atoms with E-state index in [1.54, 1.807) is 17.2 Å². The average Bonchev–Trinajstić information content (AvgIpc) is 2.47. The van der Waals surface area contributed by atoms with E-state index < -0.39 is 11.8 Å². The molecule has 2 heterocycles. The number of nitrogen functional groups attached to an aromatic ring is 1. The predicted octanol–water partition coefficient (Wildman–Crippen LogP) is -0.0520. The van der Waals surface area contributed by atoms with E-state index in [2.05, 4.69) is 10.4 Å². The average molecular weight is 277 g/mol. The van der Waals surface area contributed by atoms with Crippen molar-refractivity contribution in [3.63, 3.8) is 0 Å². The van der Waals surface area contributed by atoms with Gasteiger partial charge in [-0.2, -0.15) is 0 Å². The second kappa shape index (κ2) is 6.33. The first-order valence-corrected chi connectivity index (χ1v) is 6.66. The molecule has 0 unspecified atom stereocenters. The molecule has 0 aromatic carbocycles. The maximum Gasteiger partial charge on any atom is 0.312 e. The first-order chi connectivity index (χ1) is 9.67. The van der Waals surface area contributed by atoms with E-state index in [1.807, 2.05) is 13.0 Å². The third-order valence-corrected chi connectivity index (χ3v) is 3.28. The number of nitrogens with zero attached hydrogens (tertiary/aromatic N) is 3. The monoisotopic (exact) mass is 277 g/mol. The Labute approximate surface area is 117 Å². The van der Waals surface area contributed by atoms with Crippen LogP contribution in [0.2, 0.25) is 0 Å². The minimum Gasteiger partial charge on any atom is -0.333 e. The molecule has 7 heteroatoms. The second-order valence-electron chi connectivity index (χ2n) is 4.67. The number of pyridine rings is 1. The SMILES string of the molecule is CCCN1CCN(Cc2cccnc2NN)C(=O)C1=O. The summed E-state index contributed by atoms with van der Waals surface area (Å²) in [5.74, 6) is 5.02. The van der Waals surface area contributed by atoms with Crippen LogP contribution < -0.4 is 11.3 Å². The minimum absolute atomic E-state index is 0.331. The van der Waals surface area contributed by atoms with Crippen LogP contribution in [-0.4, -0.2) is 46.2 Å². The number of hydrogen-bond acceptors (Lipinski definition) is 5. The number of hydrogen-bond donors (Lipinski definition) is 2. The lowest BCUT2D eigenvalue weighted by molar-refractivity contribution is -0.156. The second-order valence-corrected chi connectivity index (χ2v) is 4.67. The summed E-state index contributed by atoms with van der Waals surface area (Å²) in [4.78, 5) is 31.2. The van der Waals surface area contributed by atoms with E-state index in [4.69, 9.17) is 5.84 Å². The van der Waals surface area contributed by atoms with Gasteiger partial charge >= 0.3 is 11.8 Å². The van der Waals surface area contributed by atoms with Crippen LogP contribution in [-0.2, 0) is 16.1 Å². The molecule has 1 aromatic rings. The summed E-state index contributed by atoms with van der Waals surface area (Å²) in [5.41, 5.74) is 3.29. The molecule has 1 aromatic heterocycles. The number of amides is 2. The van der Waals surface area contributed by atoms with Crippen molar-refractivity contribution in [3.05, 3.63) is 23.9 Å². The van der Waals surface area contributed by atoms with Gasteiger partial charge in [0.05, 0.1) is 0 Å². The van der Waals surface area contributed by atoms with Crippen molar-refractivity contribution in [1.29, 1.82) is 0 Å². The fourth-order valence-electron chi connectivity index (χ4n) is 2.25. The summed E-state index contributed by atoms with van der Waals surface area (Å²) in [7, 11) is 0. The highest BCUT2D eigenvalue weighted by atomic mass is 16.2. The third-order valence-electron chi connectivity index (χ3n) is 3.28. The largest absolute Gasteiger partial charge is 0.333 e. The van der Waals surface area contributed by atoms with Gasteiger partial charge in [0.15, 0.2) is 0 Å². The van der Waals surface area contributed by atoms with Gasteiger partial charge in [-0.3, -0.25) is 9.59 Å². The number of aromatic nitrogens is 1. The Balaban J connectivity index is 2.08. The molecule has 2 rings (SSSR count). The lowest BCUT2D eigenvalue weighted by Gasteiger charge is -2.33. The van der Waals surface area contributed by atoms with E-state index in [0.29, 0.717) is 32.0 Å². The van der Waals surface area contributed by atoms with Crippen molar-refractivity contribution in [3.8, 4) is 0 Å². The Kier molecular flexibility index (Phi) is 4.52. The van der Waals surface area contributed by atoms with Crippen LogP contribution in [0.15, 0.2) is 18.3 Å². The molecule has 0 radical (unpaired) electrons. The van der Waals surface area contributed by atoms with Crippen molar-refractivity contribution < 1.29 is 9.59 Å². The number of piperazine rings is 1. The van der Waals surface area contributed by atoms with Crippen LogP contribution >= 0.6 is 0 Å². The van der Waals surface area contributed by atoms with Gasteiger partial charge in [-0.25, -0.2) is 10.8 Å². The Morgan fingerprint density at radius 2 is 2.00 bits per heavy atom. The van der Waals surface area contributed by atoms with E-state index >= 15 is 0 Å². The molecule has 1 aliphatic rings. The van der Waals surface area contributed by atoms with E-state index in [9.17, 15) is 9.59 Å². The number of hydrazine groups is 1. The summed E-state index contributed by atoms with van der Waals surface area (Å²) in [6.45, 7) is 4.05. The highest BCUT2D eigenvalue weighted by Crippen LogP contribution is 2.15. The molecule has 1 aliphatic heterocycles. The first kappa shape index (κ1) is 14.3. The predicted molar refractivity (Wildman–Crippen MR) is 74.3 cm³/mol. The van der Waals surface area contributed by atoms with E-state index in [0.717, 1.165) is 12.0 Å². The summed E-state index contributed by atoms with van der Waals surface area (Å²) < 4.78 is 0. The molecule has 0 aliphatic carbocycles. The Hall–Kier alpha value is -2.15. The summed E-state index contributed by atoms with van der Waals surface area (Å²) in [6, 6.07) is 3.61. The van der Waals surface area contributed by atoms with Gasteiger partial charge in [-0.05, 0) is 12.5 Å². The highest BCUT2D eigenvalue weighted by molar-refractivity contribution is 6.35. The molecule has 0 saturated carbocycles. The molecule has 1 fully saturated rings. The van der Waals surface area contributed by atoms with Crippen molar-refractivity contribution >= 4 is 17.6 Å². The summed E-state index contributed by atoms with van der Waals surface area (Å²) in [5, 5.41) is 0. The zero-order valence-electron chi connectivity index (χ0n) is 11.5. The van der Waals surface area contributed by atoms with Crippen LogP contribution in [0, 0.1) is 0 Å². The van der Waals surface area contributed by atoms with Gasteiger partial charge in [0.1, 0.15) is 5.82 Å². The number of carbonyl (C=O) groups excluding carboxylic acids is 2. The van der Waals surface area contributed by atoms with Crippen LogP contribution in [0.1, 0.15) is 18.9 Å². The van der Waals surface area contributed by atoms with Crippen molar-refractivity contribution in [2.24, 2.45) is 5.84 Å². The van der Waals surface area contributed by atoms with Gasteiger partial charge in [0.25, 0.3) is 0 Å². The standard InChI is InChI=1S/C13H19N5O2/c1-2-6-17-7-8-18(13(20)12(17)19)9-10-4-3-5-15-11(10)16-14/h3-5H,2,6-9,14H2,1H3,(H,15,16). The van der Waals surface area contributed by atoms with Crippen LogP contribution in [0.25, 0.3) is 0 Å². The molecule has 108 valence electrons. The number of rotatable bonds is 5. The van der Waals surface area contributed by atoms with E-state index in [-0.39, 0.29) is 0 Å². The van der Waals surface area contributed by atoms with Gasteiger partial charge in [-0.15, -0.1) is 0 Å². The first-order valence-electron chi connectivity index (χ1n) is 6.66. The fraction of sp³-hybridized carbons (Fsp3) is 0.462. The molecule has 1 saturated heterocycles. The van der Waals surface area contributed by atoms with Crippen molar-refractivity contribution in [1.82, 2.24) is 14.8 Å². The molecule has 0 atom stereocenters. The van der Waals surface area contributed by atoms with Crippen LogP contribution in [0.4, 0.5) is 5.82 Å². The quantitative estimate of drug-likeness (QED) is 0.447. The van der Waals surface area contributed by atoms with Gasteiger partial charge in [-0.1, -0.05) is 13.0 Å². The van der Waals surface area contributed by atoms with Gasteiger partial charge < -0.3 is 15.2 Å². The Morgan fingerprint density at radius 3 is 2.70 bits per heavy atom. The topological polar surface area (TPSA) is 91.6 Å². The summed E-state index contributed by atoms with van der Waals surface area (Å²) >= 11 is 0. The number of carbonyl (C=O) groups is 2. The zero-order valence-corrected chi connectivity index (χ0v) is 11.5. The molecular weight excluding hydrogens is 258 g/mol. The molecule has 20 heavy (non-hydrogen) atoms. The minimum atomic E-state index is -0.462. The van der Waals surface area contributed by atoms with Crippen molar-refractivity contribution in [2.45, 2.75) is 19.9 Å². The third kappa shape index (κ3) is 2.88. The number of nitrogens with one attached hydrogen (secondary N) is 1. The zero-order chi connectivity index (χ0) is 14.5. The molecule has 0 bridgehead atoms. The van der Waals surface area contributed by atoms with E-state index in [1.165, 1.54) is 4.90 Å². The molecule has 7 nitrogen and oxygen atoms in total. The maximum atomic E-state index is 12.1. The highest BCUT2D eigenvalue weighted by Gasteiger charge is 2.32. The van der Waals surface area contributed by atoms with Crippen LogP contribution in [0.5, 0.6) is 0 Å². The lowest BCUT2D eigenvalue weighted by atomic mass is 10.2. The maximum absolute atomic E-state index is 12.1. The molecule has 2 amide bonds. The van der Waals surface area contributed by atoms with Gasteiger partial charge in [0.2, 0.25) is 0 Å². The van der Waals surface area contributed by atoms with Crippen molar-refractivity contribution in [2.75, 3.05) is 25.1 Å². The van der Waals surface area contributed by atoms with Gasteiger partial charge in [0, 0.05) is 37.9 Å². The summed E-state index contributed by atoms with van der Waals surface area (Å²) in [6.07, 6.45) is 2.47. The lowest BCUT2D eigenvalue weighted by Crippen LogP contribution is -2.54. The smallest absolute Gasteiger partial charge is 0.312 e.